The minimum absolute atomic E-state index is 0.221. The molecular weight excluding hydrogens is 310 g/mol. The highest BCUT2D eigenvalue weighted by Crippen LogP contribution is 2.32. The molecule has 0 bridgehead atoms. The molecule has 2 heterocycles. The first-order valence-electron chi connectivity index (χ1n) is 6.92. The van der Waals surface area contributed by atoms with Crippen molar-refractivity contribution in [2.75, 3.05) is 36.8 Å². The molecule has 0 spiro atoms. The van der Waals surface area contributed by atoms with Crippen LogP contribution in [-0.2, 0) is 9.59 Å². The zero-order valence-corrected chi connectivity index (χ0v) is 13.2. The molecule has 2 amide bonds. The van der Waals surface area contributed by atoms with Crippen LogP contribution in [0.3, 0.4) is 0 Å². The molecule has 3 rings (SSSR count). The molecule has 7 nitrogen and oxygen atoms in total. The molecule has 1 saturated heterocycles. The van der Waals surface area contributed by atoms with Crippen LogP contribution in [0.1, 0.15) is 12.8 Å². The van der Waals surface area contributed by atoms with Crippen LogP contribution in [0.25, 0.3) is 0 Å². The Morgan fingerprint density at radius 2 is 1.95 bits per heavy atom. The van der Waals surface area contributed by atoms with Gasteiger partial charge >= 0.3 is 0 Å². The zero-order valence-electron chi connectivity index (χ0n) is 11.5. The van der Waals surface area contributed by atoms with Crippen molar-refractivity contribution in [3.05, 3.63) is 0 Å². The molecule has 1 aromatic heterocycles. The number of thioether (sulfide) groups is 1. The van der Waals surface area contributed by atoms with Gasteiger partial charge in [0.1, 0.15) is 0 Å². The van der Waals surface area contributed by atoms with Crippen LogP contribution in [0.15, 0.2) is 4.34 Å². The summed E-state index contributed by atoms with van der Waals surface area (Å²) in [4.78, 5) is 26.8. The van der Waals surface area contributed by atoms with Gasteiger partial charge in [-0.2, -0.15) is 0 Å². The number of carbonyl (C=O) groups excluding carboxylic acids is 2. The van der Waals surface area contributed by atoms with Gasteiger partial charge in [0.2, 0.25) is 16.9 Å². The van der Waals surface area contributed by atoms with Crippen molar-refractivity contribution in [3.8, 4) is 0 Å². The SMILES string of the molecule is NC(=O)CSc1nnc(N2CCN(C(=O)C3CC3)CC2)s1. The molecule has 2 fully saturated rings. The van der Waals surface area contributed by atoms with E-state index >= 15 is 0 Å². The van der Waals surface area contributed by atoms with Crippen molar-refractivity contribution in [1.29, 1.82) is 0 Å². The quantitative estimate of drug-likeness (QED) is 0.775. The molecule has 9 heteroatoms. The summed E-state index contributed by atoms with van der Waals surface area (Å²) in [5.41, 5.74) is 5.11. The second-order valence-corrected chi connectivity index (χ2v) is 7.37. The van der Waals surface area contributed by atoms with E-state index in [2.05, 4.69) is 15.1 Å². The molecular formula is C12H17N5O2S2. The second kappa shape index (κ2) is 6.18. The molecule has 0 aromatic carbocycles. The van der Waals surface area contributed by atoms with Gasteiger partial charge < -0.3 is 15.5 Å². The fraction of sp³-hybridized carbons (Fsp3) is 0.667. The van der Waals surface area contributed by atoms with Gasteiger partial charge in [-0.05, 0) is 12.8 Å². The van der Waals surface area contributed by atoms with Gasteiger partial charge in [-0.15, -0.1) is 10.2 Å². The van der Waals surface area contributed by atoms with Crippen LogP contribution in [-0.4, -0.2) is 58.8 Å². The van der Waals surface area contributed by atoms with Crippen LogP contribution in [0.4, 0.5) is 5.13 Å². The highest BCUT2D eigenvalue weighted by Gasteiger charge is 2.34. The lowest BCUT2D eigenvalue weighted by atomic mass is 10.3. The summed E-state index contributed by atoms with van der Waals surface area (Å²) in [7, 11) is 0. The maximum Gasteiger partial charge on any atom is 0.227 e. The summed E-state index contributed by atoms with van der Waals surface area (Å²) >= 11 is 2.78. The van der Waals surface area contributed by atoms with Crippen molar-refractivity contribution in [3.63, 3.8) is 0 Å². The molecule has 0 radical (unpaired) electrons. The summed E-state index contributed by atoms with van der Waals surface area (Å²) in [5.74, 6) is 0.460. The van der Waals surface area contributed by atoms with Gasteiger partial charge in [0.25, 0.3) is 0 Å². The standard InChI is InChI=1S/C12H17N5O2S2/c13-9(18)7-20-12-15-14-11(21-12)17-5-3-16(4-6-17)10(19)8-1-2-8/h8H,1-7H2,(H2,13,18). The van der Waals surface area contributed by atoms with Gasteiger partial charge in [-0.1, -0.05) is 23.1 Å². The number of nitrogens with two attached hydrogens (primary N) is 1. The molecule has 21 heavy (non-hydrogen) atoms. The summed E-state index contributed by atoms with van der Waals surface area (Å²) in [6.07, 6.45) is 2.10. The number of primary amides is 1. The summed E-state index contributed by atoms with van der Waals surface area (Å²) in [6.45, 7) is 3.07. The summed E-state index contributed by atoms with van der Waals surface area (Å²) in [6, 6.07) is 0. The number of carbonyl (C=O) groups is 2. The molecule has 0 unspecified atom stereocenters. The molecule has 1 saturated carbocycles. The third-order valence-corrected chi connectivity index (χ3v) is 5.66. The third-order valence-electron chi connectivity index (χ3n) is 3.52. The Morgan fingerprint density at radius 1 is 1.24 bits per heavy atom. The van der Waals surface area contributed by atoms with E-state index in [0.29, 0.717) is 5.91 Å². The number of nitrogens with zero attached hydrogens (tertiary/aromatic N) is 4. The van der Waals surface area contributed by atoms with Crippen LogP contribution in [0.2, 0.25) is 0 Å². The van der Waals surface area contributed by atoms with E-state index in [-0.39, 0.29) is 17.6 Å². The first kappa shape index (κ1) is 14.6. The number of aromatic nitrogens is 2. The minimum atomic E-state index is -0.357. The average Bonchev–Trinajstić information content (AvgIpc) is 3.23. The Labute approximate surface area is 130 Å². The van der Waals surface area contributed by atoms with Gasteiger partial charge in [-0.25, -0.2) is 0 Å². The molecule has 2 N–H and O–H groups in total. The van der Waals surface area contributed by atoms with E-state index in [1.807, 2.05) is 4.90 Å². The Kier molecular flexibility index (Phi) is 4.29. The van der Waals surface area contributed by atoms with Crippen molar-refractivity contribution >= 4 is 40.0 Å². The van der Waals surface area contributed by atoms with E-state index in [9.17, 15) is 9.59 Å². The Bertz CT molecular complexity index is 538. The number of hydrogen-bond acceptors (Lipinski definition) is 7. The number of rotatable bonds is 5. The number of piperazine rings is 1. The minimum Gasteiger partial charge on any atom is -0.369 e. The van der Waals surface area contributed by atoms with Gasteiger partial charge in [-0.3, -0.25) is 9.59 Å². The predicted molar refractivity (Wildman–Crippen MR) is 81.3 cm³/mol. The largest absolute Gasteiger partial charge is 0.369 e. The molecule has 0 atom stereocenters. The van der Waals surface area contributed by atoms with Crippen molar-refractivity contribution in [1.82, 2.24) is 15.1 Å². The first-order chi connectivity index (χ1) is 10.1. The van der Waals surface area contributed by atoms with Gasteiger partial charge in [0.15, 0.2) is 4.34 Å². The molecule has 1 aromatic rings. The van der Waals surface area contributed by atoms with Crippen molar-refractivity contribution < 1.29 is 9.59 Å². The average molecular weight is 327 g/mol. The van der Waals surface area contributed by atoms with E-state index in [4.69, 9.17) is 5.73 Å². The Morgan fingerprint density at radius 3 is 2.57 bits per heavy atom. The molecule has 114 valence electrons. The highest BCUT2D eigenvalue weighted by atomic mass is 32.2. The summed E-state index contributed by atoms with van der Waals surface area (Å²) < 4.78 is 0.750. The van der Waals surface area contributed by atoms with Gasteiger partial charge in [0, 0.05) is 32.1 Å². The maximum atomic E-state index is 12.0. The number of hydrogen-bond donors (Lipinski definition) is 1. The van der Waals surface area contributed by atoms with E-state index < -0.39 is 0 Å². The number of amides is 2. The lowest BCUT2D eigenvalue weighted by molar-refractivity contribution is -0.132. The Hall–Kier alpha value is -1.35. The summed E-state index contributed by atoms with van der Waals surface area (Å²) in [5, 5.41) is 9.06. The highest BCUT2D eigenvalue weighted by molar-refractivity contribution is 8.01. The number of anilines is 1. The fourth-order valence-electron chi connectivity index (χ4n) is 2.23. The first-order valence-corrected chi connectivity index (χ1v) is 8.72. The van der Waals surface area contributed by atoms with Crippen LogP contribution in [0, 0.1) is 5.92 Å². The van der Waals surface area contributed by atoms with Crippen LogP contribution in [0.5, 0.6) is 0 Å². The normalized spacial score (nSPS) is 18.9. The molecule has 2 aliphatic rings. The molecule has 1 aliphatic carbocycles. The maximum absolute atomic E-state index is 12.0. The van der Waals surface area contributed by atoms with E-state index in [0.717, 1.165) is 48.5 Å². The lowest BCUT2D eigenvalue weighted by Crippen LogP contribution is -2.49. The zero-order chi connectivity index (χ0) is 14.8. The third kappa shape index (κ3) is 3.65. The van der Waals surface area contributed by atoms with E-state index in [1.54, 1.807) is 0 Å². The molecule has 1 aliphatic heterocycles. The second-order valence-electron chi connectivity index (χ2n) is 5.19. The van der Waals surface area contributed by atoms with Crippen LogP contribution >= 0.6 is 23.1 Å². The topological polar surface area (TPSA) is 92.4 Å². The predicted octanol–water partition coefficient (Wildman–Crippen LogP) is 0.174. The van der Waals surface area contributed by atoms with Gasteiger partial charge in [0.05, 0.1) is 5.75 Å². The van der Waals surface area contributed by atoms with Crippen LogP contribution < -0.4 is 10.6 Å². The van der Waals surface area contributed by atoms with Crippen molar-refractivity contribution in [2.45, 2.75) is 17.2 Å². The monoisotopic (exact) mass is 327 g/mol. The van der Waals surface area contributed by atoms with E-state index in [1.165, 1.54) is 23.1 Å². The fourth-order valence-corrected chi connectivity index (χ4v) is 3.86. The Balaban J connectivity index is 1.51. The smallest absolute Gasteiger partial charge is 0.227 e. The van der Waals surface area contributed by atoms with Crippen molar-refractivity contribution in [2.24, 2.45) is 11.7 Å². The lowest BCUT2D eigenvalue weighted by Gasteiger charge is -2.34.